The van der Waals surface area contributed by atoms with E-state index >= 15 is 0 Å². The van der Waals surface area contributed by atoms with Crippen LogP contribution in [0.1, 0.15) is 37.2 Å². The molecule has 1 aromatic heterocycles. The Morgan fingerprint density at radius 1 is 1.41 bits per heavy atom. The number of furan rings is 1. The van der Waals surface area contributed by atoms with Crippen molar-refractivity contribution in [3.63, 3.8) is 0 Å². The molecule has 0 aromatic carbocycles. The first-order chi connectivity index (χ1) is 10.0. The summed E-state index contributed by atoms with van der Waals surface area (Å²) in [6.07, 6.45) is 3.51. The Morgan fingerprint density at radius 2 is 2.09 bits per heavy atom. The Morgan fingerprint density at radius 3 is 2.68 bits per heavy atom. The van der Waals surface area contributed by atoms with Crippen molar-refractivity contribution >= 4 is 24.2 Å². The van der Waals surface area contributed by atoms with Crippen molar-refractivity contribution in [2.75, 3.05) is 19.6 Å². The van der Waals surface area contributed by atoms with Crippen molar-refractivity contribution in [2.24, 2.45) is 5.41 Å². The van der Waals surface area contributed by atoms with E-state index in [4.69, 9.17) is 4.42 Å². The summed E-state index contributed by atoms with van der Waals surface area (Å²) < 4.78 is 5.00. The van der Waals surface area contributed by atoms with Gasteiger partial charge in [0, 0.05) is 6.54 Å². The van der Waals surface area contributed by atoms with Gasteiger partial charge in [0.25, 0.3) is 5.91 Å². The molecule has 1 aliphatic rings. The van der Waals surface area contributed by atoms with E-state index in [9.17, 15) is 9.59 Å². The van der Waals surface area contributed by atoms with Gasteiger partial charge in [-0.25, -0.2) is 0 Å². The summed E-state index contributed by atoms with van der Waals surface area (Å²) in [6.45, 7) is 6.45. The van der Waals surface area contributed by atoms with Gasteiger partial charge in [-0.2, -0.15) is 0 Å². The van der Waals surface area contributed by atoms with Gasteiger partial charge in [0.1, 0.15) is 6.04 Å². The zero-order chi connectivity index (χ0) is 15.3. The molecule has 2 heterocycles. The Labute approximate surface area is 136 Å². The summed E-state index contributed by atoms with van der Waals surface area (Å²) in [5, 5.41) is 8.87. The first-order valence-electron chi connectivity index (χ1n) is 7.33. The number of carbonyl (C=O) groups is 2. The quantitative estimate of drug-likeness (QED) is 0.761. The van der Waals surface area contributed by atoms with Crippen molar-refractivity contribution in [2.45, 2.75) is 32.7 Å². The molecular formula is C15H24ClN3O3. The minimum atomic E-state index is -0.590. The molecule has 0 saturated carbocycles. The Bertz CT molecular complexity index is 484. The normalized spacial score (nSPS) is 17.9. The van der Waals surface area contributed by atoms with Gasteiger partial charge >= 0.3 is 0 Å². The van der Waals surface area contributed by atoms with Crippen LogP contribution in [0.15, 0.2) is 22.8 Å². The molecule has 1 aliphatic heterocycles. The third-order valence-corrected chi connectivity index (χ3v) is 3.99. The molecule has 1 atom stereocenters. The molecule has 2 rings (SSSR count). The molecule has 1 saturated heterocycles. The summed E-state index contributed by atoms with van der Waals surface area (Å²) in [5.41, 5.74) is 0.131. The maximum atomic E-state index is 12.1. The van der Waals surface area contributed by atoms with E-state index in [0.717, 1.165) is 25.9 Å². The highest BCUT2D eigenvalue weighted by Crippen LogP contribution is 2.26. The predicted molar refractivity (Wildman–Crippen MR) is 86.1 cm³/mol. The van der Waals surface area contributed by atoms with E-state index in [2.05, 4.69) is 22.9 Å². The van der Waals surface area contributed by atoms with E-state index < -0.39 is 6.04 Å². The zero-order valence-corrected chi connectivity index (χ0v) is 13.8. The summed E-state index contributed by atoms with van der Waals surface area (Å²) >= 11 is 0. The Kier molecular flexibility index (Phi) is 6.90. The van der Waals surface area contributed by atoms with Crippen LogP contribution in [0.2, 0.25) is 0 Å². The van der Waals surface area contributed by atoms with Crippen LogP contribution < -0.4 is 16.0 Å². The first kappa shape index (κ1) is 18.5. The minimum Gasteiger partial charge on any atom is -0.459 e. The highest BCUT2D eigenvalue weighted by molar-refractivity contribution is 5.95. The maximum Gasteiger partial charge on any atom is 0.287 e. The second-order valence-corrected chi connectivity index (χ2v) is 5.95. The molecular weight excluding hydrogens is 306 g/mol. The van der Waals surface area contributed by atoms with Crippen LogP contribution >= 0.6 is 12.4 Å². The molecule has 0 bridgehead atoms. The van der Waals surface area contributed by atoms with Crippen LogP contribution in [0, 0.1) is 5.41 Å². The molecule has 1 unspecified atom stereocenters. The fraction of sp³-hybridized carbons (Fsp3) is 0.600. The van der Waals surface area contributed by atoms with Gasteiger partial charge in [0.15, 0.2) is 5.76 Å². The number of hydrogen-bond acceptors (Lipinski definition) is 4. The third kappa shape index (κ3) is 5.03. The molecule has 7 heteroatoms. The van der Waals surface area contributed by atoms with Gasteiger partial charge in [-0.15, -0.1) is 12.4 Å². The molecule has 22 heavy (non-hydrogen) atoms. The number of piperidine rings is 1. The maximum absolute atomic E-state index is 12.1. The highest BCUT2D eigenvalue weighted by Gasteiger charge is 2.28. The van der Waals surface area contributed by atoms with Gasteiger partial charge in [-0.05, 0) is 50.4 Å². The summed E-state index contributed by atoms with van der Waals surface area (Å²) in [7, 11) is 0. The highest BCUT2D eigenvalue weighted by atomic mass is 35.5. The topological polar surface area (TPSA) is 83.4 Å². The number of halogens is 1. The molecule has 1 aromatic rings. The fourth-order valence-electron chi connectivity index (χ4n) is 2.40. The monoisotopic (exact) mass is 329 g/mol. The SMILES string of the molecule is CC(NC(=O)c1ccco1)C(=O)NCC1(C)CCNCC1.Cl. The van der Waals surface area contributed by atoms with Crippen LogP contribution in [-0.2, 0) is 4.79 Å². The Balaban J connectivity index is 0.00000242. The standard InChI is InChI=1S/C15H23N3O3.ClH/c1-11(18-14(20)12-4-3-9-21-12)13(19)17-10-15(2)5-7-16-8-6-15;/h3-4,9,11,16H,5-8,10H2,1-2H3,(H,17,19)(H,18,20);1H. The van der Waals surface area contributed by atoms with Crippen molar-refractivity contribution < 1.29 is 14.0 Å². The molecule has 2 amide bonds. The molecule has 0 aliphatic carbocycles. The van der Waals surface area contributed by atoms with E-state index in [1.807, 2.05) is 0 Å². The minimum absolute atomic E-state index is 0. The van der Waals surface area contributed by atoms with Gasteiger partial charge in [0.05, 0.1) is 6.26 Å². The average molecular weight is 330 g/mol. The lowest BCUT2D eigenvalue weighted by molar-refractivity contribution is -0.123. The lowest BCUT2D eigenvalue weighted by atomic mass is 9.81. The van der Waals surface area contributed by atoms with Crippen molar-refractivity contribution in [3.05, 3.63) is 24.2 Å². The number of amides is 2. The number of hydrogen-bond donors (Lipinski definition) is 3. The second kappa shape index (κ2) is 8.19. The number of rotatable bonds is 5. The molecule has 3 N–H and O–H groups in total. The largest absolute Gasteiger partial charge is 0.459 e. The average Bonchev–Trinajstić information content (AvgIpc) is 3.00. The van der Waals surface area contributed by atoms with E-state index in [1.54, 1.807) is 19.1 Å². The predicted octanol–water partition coefficient (Wildman–Crippen LogP) is 1.33. The summed E-state index contributed by atoms with van der Waals surface area (Å²) in [5.74, 6) is -0.342. The number of nitrogens with one attached hydrogen (secondary N) is 3. The van der Waals surface area contributed by atoms with Gasteiger partial charge < -0.3 is 20.4 Å². The van der Waals surface area contributed by atoms with Gasteiger partial charge in [-0.1, -0.05) is 6.92 Å². The van der Waals surface area contributed by atoms with Crippen LogP contribution in [0.5, 0.6) is 0 Å². The van der Waals surface area contributed by atoms with Crippen molar-refractivity contribution in [3.8, 4) is 0 Å². The van der Waals surface area contributed by atoms with E-state index in [1.165, 1.54) is 6.26 Å². The van der Waals surface area contributed by atoms with Crippen molar-refractivity contribution in [1.82, 2.24) is 16.0 Å². The summed E-state index contributed by atoms with van der Waals surface area (Å²) in [4.78, 5) is 23.9. The Hall–Kier alpha value is -1.53. The van der Waals surface area contributed by atoms with Crippen LogP contribution in [0.3, 0.4) is 0 Å². The van der Waals surface area contributed by atoms with Gasteiger partial charge in [0.2, 0.25) is 5.91 Å². The zero-order valence-electron chi connectivity index (χ0n) is 13.0. The van der Waals surface area contributed by atoms with Crippen LogP contribution in [0.25, 0.3) is 0 Å². The van der Waals surface area contributed by atoms with E-state index in [0.29, 0.717) is 6.54 Å². The second-order valence-electron chi connectivity index (χ2n) is 5.95. The van der Waals surface area contributed by atoms with Gasteiger partial charge in [-0.3, -0.25) is 9.59 Å². The lowest BCUT2D eigenvalue weighted by Crippen LogP contribution is -2.49. The first-order valence-corrected chi connectivity index (χ1v) is 7.33. The smallest absolute Gasteiger partial charge is 0.287 e. The third-order valence-electron chi connectivity index (χ3n) is 3.99. The molecule has 6 nitrogen and oxygen atoms in total. The lowest BCUT2D eigenvalue weighted by Gasteiger charge is -2.34. The van der Waals surface area contributed by atoms with E-state index in [-0.39, 0.29) is 35.4 Å². The molecule has 124 valence electrons. The van der Waals surface area contributed by atoms with Crippen molar-refractivity contribution in [1.29, 1.82) is 0 Å². The number of carbonyl (C=O) groups excluding carboxylic acids is 2. The summed E-state index contributed by atoms with van der Waals surface area (Å²) in [6, 6.07) is 2.61. The fourth-order valence-corrected chi connectivity index (χ4v) is 2.40. The molecule has 1 fully saturated rings. The molecule has 0 spiro atoms. The van der Waals surface area contributed by atoms with Crippen LogP contribution in [0.4, 0.5) is 0 Å². The molecule has 0 radical (unpaired) electrons. The van der Waals surface area contributed by atoms with Crippen LogP contribution in [-0.4, -0.2) is 37.5 Å².